The second-order valence-electron chi connectivity index (χ2n) is 4.88. The molecule has 0 radical (unpaired) electrons. The molecule has 1 aromatic heterocycles. The van der Waals surface area contributed by atoms with E-state index in [0.29, 0.717) is 16.6 Å². The zero-order valence-corrected chi connectivity index (χ0v) is 12.7. The molecule has 3 rings (SSSR count). The number of carbonyl (C=O) groups excluding carboxylic acids is 1. The third-order valence-corrected chi connectivity index (χ3v) is 4.59. The summed E-state index contributed by atoms with van der Waals surface area (Å²) in [6, 6.07) is 12.9. The fourth-order valence-electron chi connectivity index (χ4n) is 2.15. The summed E-state index contributed by atoms with van der Waals surface area (Å²) in [5.41, 5.74) is 9.31. The molecule has 1 amide bonds. The zero-order chi connectivity index (χ0) is 16.4. The smallest absolute Gasteiger partial charge is 0.268 e. The van der Waals surface area contributed by atoms with Crippen LogP contribution in [0, 0.1) is 0 Å². The van der Waals surface area contributed by atoms with E-state index < -0.39 is 15.9 Å². The molecule has 3 aromatic rings. The van der Waals surface area contributed by atoms with E-state index in [-0.39, 0.29) is 4.90 Å². The molecule has 0 aliphatic carbocycles. The molecule has 8 heteroatoms. The number of sulfonamides is 1. The Kier molecular flexibility index (Phi) is 3.77. The maximum Gasteiger partial charge on any atom is 0.268 e. The summed E-state index contributed by atoms with van der Waals surface area (Å²) in [5.74, 6) is -0.554. The van der Waals surface area contributed by atoms with Crippen molar-refractivity contribution in [2.24, 2.45) is 0 Å². The van der Waals surface area contributed by atoms with Gasteiger partial charge in [0.1, 0.15) is 0 Å². The van der Waals surface area contributed by atoms with Gasteiger partial charge in [0.25, 0.3) is 15.9 Å². The highest BCUT2D eigenvalue weighted by Crippen LogP contribution is 2.17. The number of aromatic amines is 1. The summed E-state index contributed by atoms with van der Waals surface area (Å²) >= 11 is 0. The van der Waals surface area contributed by atoms with Crippen molar-refractivity contribution >= 4 is 32.5 Å². The summed E-state index contributed by atoms with van der Waals surface area (Å²) in [6.07, 6.45) is 1.53. The minimum atomic E-state index is -3.86. The quantitative estimate of drug-likeness (QED) is 0.427. The number of fused-ring (bicyclic) bond motifs is 1. The van der Waals surface area contributed by atoms with E-state index in [1.54, 1.807) is 12.1 Å². The lowest BCUT2D eigenvalue weighted by atomic mass is 10.2. The average molecular weight is 330 g/mol. The van der Waals surface area contributed by atoms with Gasteiger partial charge in [0.05, 0.1) is 10.5 Å². The molecule has 118 valence electrons. The van der Waals surface area contributed by atoms with E-state index in [0.717, 1.165) is 5.52 Å². The van der Waals surface area contributed by atoms with Crippen molar-refractivity contribution in [3.05, 3.63) is 60.3 Å². The summed E-state index contributed by atoms with van der Waals surface area (Å²) in [6.45, 7) is 0. The van der Waals surface area contributed by atoms with Crippen molar-refractivity contribution in [2.75, 3.05) is 5.73 Å². The lowest BCUT2D eigenvalue weighted by Crippen LogP contribution is -2.41. The first-order valence-corrected chi connectivity index (χ1v) is 8.19. The molecule has 0 saturated heterocycles. The number of nitrogens with one attached hydrogen (secondary N) is 3. The number of aromatic nitrogens is 1. The Hall–Kier alpha value is -2.84. The first kappa shape index (κ1) is 15.1. The molecule has 7 nitrogen and oxygen atoms in total. The lowest BCUT2D eigenvalue weighted by Gasteiger charge is -2.08. The number of anilines is 1. The summed E-state index contributed by atoms with van der Waals surface area (Å²) in [5, 5.41) is 0.705. The van der Waals surface area contributed by atoms with Crippen LogP contribution in [-0.4, -0.2) is 19.3 Å². The van der Waals surface area contributed by atoms with Crippen LogP contribution >= 0.6 is 0 Å². The van der Waals surface area contributed by atoms with E-state index in [9.17, 15) is 13.2 Å². The SMILES string of the molecule is Nc1ccc(S(=O)(=O)NNC(=O)c2c[nH]c3ccccc23)cc1. The topological polar surface area (TPSA) is 117 Å². The Morgan fingerprint density at radius 1 is 1.04 bits per heavy atom. The van der Waals surface area contributed by atoms with Gasteiger partial charge >= 0.3 is 0 Å². The third kappa shape index (κ3) is 3.03. The fraction of sp³-hybridized carbons (Fsp3) is 0. The molecule has 0 fully saturated rings. The highest BCUT2D eigenvalue weighted by molar-refractivity contribution is 7.89. The number of amides is 1. The molecule has 0 aliphatic rings. The maximum atomic E-state index is 12.2. The van der Waals surface area contributed by atoms with E-state index in [1.807, 2.05) is 12.1 Å². The fourth-order valence-corrected chi connectivity index (χ4v) is 2.99. The monoisotopic (exact) mass is 330 g/mol. The molecular weight excluding hydrogens is 316 g/mol. The second kappa shape index (κ2) is 5.75. The average Bonchev–Trinajstić information content (AvgIpc) is 2.97. The van der Waals surface area contributed by atoms with Crippen LogP contribution in [0.3, 0.4) is 0 Å². The number of para-hydroxylation sites is 1. The number of H-pyrrole nitrogens is 1. The first-order valence-electron chi connectivity index (χ1n) is 6.71. The van der Waals surface area contributed by atoms with Gasteiger partial charge in [0.2, 0.25) is 0 Å². The highest BCUT2D eigenvalue weighted by atomic mass is 32.2. The van der Waals surface area contributed by atoms with Crippen molar-refractivity contribution < 1.29 is 13.2 Å². The number of nitrogen functional groups attached to an aromatic ring is 1. The van der Waals surface area contributed by atoms with Gasteiger partial charge in [-0.2, -0.15) is 0 Å². The van der Waals surface area contributed by atoms with Crippen LogP contribution in [0.1, 0.15) is 10.4 Å². The van der Waals surface area contributed by atoms with Gasteiger partial charge in [0, 0.05) is 22.8 Å². The van der Waals surface area contributed by atoms with Crippen LogP contribution in [-0.2, 0) is 10.0 Å². The number of nitrogens with two attached hydrogens (primary N) is 1. The highest BCUT2D eigenvalue weighted by Gasteiger charge is 2.17. The van der Waals surface area contributed by atoms with Crippen molar-refractivity contribution in [2.45, 2.75) is 4.90 Å². The van der Waals surface area contributed by atoms with Gasteiger partial charge < -0.3 is 10.7 Å². The Bertz CT molecular complexity index is 962. The van der Waals surface area contributed by atoms with E-state index in [1.165, 1.54) is 30.5 Å². The number of carbonyl (C=O) groups is 1. The molecule has 23 heavy (non-hydrogen) atoms. The van der Waals surface area contributed by atoms with E-state index in [4.69, 9.17) is 5.73 Å². The Morgan fingerprint density at radius 2 is 1.74 bits per heavy atom. The largest absolute Gasteiger partial charge is 0.399 e. The van der Waals surface area contributed by atoms with Crippen LogP contribution < -0.4 is 16.0 Å². The summed E-state index contributed by atoms with van der Waals surface area (Å²) in [7, 11) is -3.86. The molecule has 1 heterocycles. The molecular formula is C15H14N4O3S. The van der Waals surface area contributed by atoms with Crippen LogP contribution in [0.5, 0.6) is 0 Å². The number of hydrogen-bond donors (Lipinski definition) is 4. The van der Waals surface area contributed by atoms with Crippen LogP contribution in [0.4, 0.5) is 5.69 Å². The maximum absolute atomic E-state index is 12.2. The number of hydrogen-bond acceptors (Lipinski definition) is 4. The molecule has 0 atom stereocenters. The molecule has 0 aliphatic heterocycles. The number of benzene rings is 2. The number of rotatable bonds is 4. The molecule has 2 aromatic carbocycles. The molecule has 0 spiro atoms. The first-order chi connectivity index (χ1) is 11.0. The Morgan fingerprint density at radius 3 is 2.48 bits per heavy atom. The van der Waals surface area contributed by atoms with Gasteiger partial charge in [-0.1, -0.05) is 18.2 Å². The van der Waals surface area contributed by atoms with Gasteiger partial charge in [-0.05, 0) is 30.3 Å². The van der Waals surface area contributed by atoms with E-state index in [2.05, 4.69) is 15.2 Å². The minimum absolute atomic E-state index is 0.00549. The molecule has 0 saturated carbocycles. The predicted octanol–water partition coefficient (Wildman–Crippen LogP) is 1.37. The van der Waals surface area contributed by atoms with Gasteiger partial charge in [-0.3, -0.25) is 10.2 Å². The molecule has 0 bridgehead atoms. The van der Waals surface area contributed by atoms with Crippen LogP contribution in [0.15, 0.2) is 59.6 Å². The number of hydrazine groups is 1. The van der Waals surface area contributed by atoms with Crippen LogP contribution in [0.2, 0.25) is 0 Å². The Labute approximate surface area is 132 Å². The van der Waals surface area contributed by atoms with E-state index >= 15 is 0 Å². The van der Waals surface area contributed by atoms with Crippen molar-refractivity contribution in [1.82, 2.24) is 15.2 Å². The van der Waals surface area contributed by atoms with Gasteiger partial charge in [0.15, 0.2) is 0 Å². The standard InChI is InChI=1S/C15H14N4O3S/c16-10-5-7-11(8-6-10)23(21,22)19-18-15(20)13-9-17-14-4-2-1-3-12(13)14/h1-9,17,19H,16H2,(H,18,20). The summed E-state index contributed by atoms with van der Waals surface area (Å²) in [4.78, 5) is 17.2. The Balaban J connectivity index is 1.77. The normalized spacial score (nSPS) is 11.5. The second-order valence-corrected chi connectivity index (χ2v) is 6.56. The van der Waals surface area contributed by atoms with Gasteiger partial charge in [-0.25, -0.2) is 8.42 Å². The molecule has 5 N–H and O–H groups in total. The van der Waals surface area contributed by atoms with Crippen molar-refractivity contribution in [3.63, 3.8) is 0 Å². The van der Waals surface area contributed by atoms with Gasteiger partial charge in [-0.15, -0.1) is 4.83 Å². The summed E-state index contributed by atoms with van der Waals surface area (Å²) < 4.78 is 24.2. The lowest BCUT2D eigenvalue weighted by molar-refractivity contribution is 0.0947. The zero-order valence-electron chi connectivity index (χ0n) is 11.9. The predicted molar refractivity (Wildman–Crippen MR) is 86.9 cm³/mol. The van der Waals surface area contributed by atoms with Crippen molar-refractivity contribution in [3.8, 4) is 0 Å². The van der Waals surface area contributed by atoms with Crippen LogP contribution in [0.25, 0.3) is 10.9 Å². The third-order valence-electron chi connectivity index (χ3n) is 3.32. The van der Waals surface area contributed by atoms with Crippen molar-refractivity contribution in [1.29, 1.82) is 0 Å². The minimum Gasteiger partial charge on any atom is -0.399 e. The molecule has 0 unspecified atom stereocenters.